The van der Waals surface area contributed by atoms with Crippen LogP contribution in [0.25, 0.3) is 6.08 Å². The van der Waals surface area contributed by atoms with Gasteiger partial charge in [0.25, 0.3) is 0 Å². The van der Waals surface area contributed by atoms with E-state index in [0.717, 1.165) is 18.2 Å². The summed E-state index contributed by atoms with van der Waals surface area (Å²) in [5.41, 5.74) is -0.430. The van der Waals surface area contributed by atoms with E-state index in [-0.39, 0.29) is 27.8 Å². The van der Waals surface area contributed by atoms with Crippen molar-refractivity contribution in [3.05, 3.63) is 57.9 Å². The maximum absolute atomic E-state index is 13.2. The van der Waals surface area contributed by atoms with E-state index in [2.05, 4.69) is 0 Å². The average molecular weight is 403 g/mol. The van der Waals surface area contributed by atoms with Gasteiger partial charge in [-0.25, -0.2) is 9.18 Å². The SMILES string of the molecule is Cc1cc(F)ccc1Oc1cc2c(cc1Cl)C=C(C(=O)O)[C@@H](C(F)(F)F)O2. The van der Waals surface area contributed by atoms with E-state index in [1.807, 2.05) is 0 Å². The van der Waals surface area contributed by atoms with Crippen LogP contribution in [0, 0.1) is 12.7 Å². The number of ether oxygens (including phenoxy) is 2. The molecule has 0 radical (unpaired) electrons. The van der Waals surface area contributed by atoms with Crippen LogP contribution in [0.2, 0.25) is 5.02 Å². The molecule has 0 saturated carbocycles. The highest BCUT2D eigenvalue weighted by atomic mass is 35.5. The van der Waals surface area contributed by atoms with Crippen molar-refractivity contribution in [2.45, 2.75) is 19.2 Å². The second-order valence-electron chi connectivity index (χ2n) is 5.78. The Bertz CT molecular complexity index is 953. The predicted octanol–water partition coefficient (Wildman–Crippen LogP) is 5.37. The lowest BCUT2D eigenvalue weighted by molar-refractivity contribution is -0.187. The van der Waals surface area contributed by atoms with Crippen LogP contribution in [0.4, 0.5) is 17.6 Å². The largest absolute Gasteiger partial charge is 0.478 e. The van der Waals surface area contributed by atoms with Crippen molar-refractivity contribution < 1.29 is 36.9 Å². The number of carboxylic acids is 1. The first kappa shape index (κ1) is 19.0. The van der Waals surface area contributed by atoms with Crippen molar-refractivity contribution in [3.8, 4) is 17.2 Å². The zero-order valence-corrected chi connectivity index (χ0v) is 14.4. The number of hydrogen-bond acceptors (Lipinski definition) is 3. The Hall–Kier alpha value is -2.74. The van der Waals surface area contributed by atoms with Crippen LogP contribution in [0.5, 0.6) is 17.2 Å². The van der Waals surface area contributed by atoms with Crippen molar-refractivity contribution in [1.82, 2.24) is 0 Å². The van der Waals surface area contributed by atoms with Gasteiger partial charge in [-0.3, -0.25) is 0 Å². The third-order valence-electron chi connectivity index (χ3n) is 3.80. The fraction of sp³-hybridized carbons (Fsp3) is 0.167. The second kappa shape index (κ2) is 6.77. The Morgan fingerprint density at radius 1 is 1.22 bits per heavy atom. The number of aryl methyl sites for hydroxylation is 1. The molecule has 0 unspecified atom stereocenters. The molecule has 1 heterocycles. The van der Waals surface area contributed by atoms with Crippen molar-refractivity contribution in [3.63, 3.8) is 0 Å². The average Bonchev–Trinajstić information content (AvgIpc) is 2.55. The van der Waals surface area contributed by atoms with Gasteiger partial charge in [0.15, 0.2) is 0 Å². The number of carbonyl (C=O) groups is 1. The molecule has 0 aromatic heterocycles. The molecule has 1 aliphatic heterocycles. The standard InChI is InChI=1S/C18H11ClF4O4/c1-8-4-10(20)2-3-13(8)26-15-7-14-9(6-12(15)19)5-11(17(24)25)16(27-14)18(21,22)23/h2-7,16H,1H3,(H,24,25)/t16-/m0/s1. The van der Waals surface area contributed by atoms with Crippen LogP contribution in [-0.2, 0) is 4.79 Å². The van der Waals surface area contributed by atoms with Gasteiger partial charge < -0.3 is 14.6 Å². The molecule has 1 atom stereocenters. The summed E-state index contributed by atoms with van der Waals surface area (Å²) in [7, 11) is 0. The van der Waals surface area contributed by atoms with E-state index < -0.39 is 29.6 Å². The van der Waals surface area contributed by atoms with Gasteiger partial charge in [-0.2, -0.15) is 13.2 Å². The van der Waals surface area contributed by atoms with Crippen molar-refractivity contribution >= 4 is 23.6 Å². The smallest absolute Gasteiger partial charge is 0.430 e. The second-order valence-corrected chi connectivity index (χ2v) is 6.18. The highest BCUT2D eigenvalue weighted by Crippen LogP contribution is 2.42. The van der Waals surface area contributed by atoms with Crippen molar-refractivity contribution in [1.29, 1.82) is 0 Å². The van der Waals surface area contributed by atoms with Gasteiger partial charge in [0.05, 0.1) is 10.6 Å². The number of benzene rings is 2. The van der Waals surface area contributed by atoms with Crippen LogP contribution in [0.1, 0.15) is 11.1 Å². The fourth-order valence-corrected chi connectivity index (χ4v) is 2.75. The zero-order valence-electron chi connectivity index (χ0n) is 13.6. The molecule has 2 aromatic carbocycles. The Balaban J connectivity index is 2.02. The lowest BCUT2D eigenvalue weighted by Gasteiger charge is -2.27. The van der Waals surface area contributed by atoms with Crippen molar-refractivity contribution in [2.75, 3.05) is 0 Å². The van der Waals surface area contributed by atoms with E-state index >= 15 is 0 Å². The molecule has 0 saturated heterocycles. The Labute approximate surface area is 155 Å². The normalized spacial score (nSPS) is 16.2. The minimum absolute atomic E-state index is 0.0155. The number of halogens is 5. The highest BCUT2D eigenvalue weighted by molar-refractivity contribution is 6.32. The Morgan fingerprint density at radius 2 is 1.93 bits per heavy atom. The van der Waals surface area contributed by atoms with Crippen LogP contribution in [0.15, 0.2) is 35.9 Å². The molecule has 2 aromatic rings. The summed E-state index contributed by atoms with van der Waals surface area (Å²) in [6, 6.07) is 6.10. The lowest BCUT2D eigenvalue weighted by atomic mass is 10.0. The lowest BCUT2D eigenvalue weighted by Crippen LogP contribution is -2.40. The maximum atomic E-state index is 13.2. The molecule has 0 fully saturated rings. The summed E-state index contributed by atoms with van der Waals surface area (Å²) < 4.78 is 63.0. The Kier molecular flexibility index (Phi) is 4.77. The minimum atomic E-state index is -4.92. The van der Waals surface area contributed by atoms with E-state index in [1.54, 1.807) is 6.92 Å². The molecule has 1 aliphatic rings. The third-order valence-corrected chi connectivity index (χ3v) is 4.10. The molecule has 0 bridgehead atoms. The van der Waals surface area contributed by atoms with Crippen molar-refractivity contribution in [2.24, 2.45) is 0 Å². The van der Waals surface area contributed by atoms with Gasteiger partial charge in [-0.05, 0) is 42.8 Å². The molecule has 27 heavy (non-hydrogen) atoms. The van der Waals surface area contributed by atoms with Crippen LogP contribution in [-0.4, -0.2) is 23.4 Å². The summed E-state index contributed by atoms with van der Waals surface area (Å²) in [4.78, 5) is 11.1. The van der Waals surface area contributed by atoms with Gasteiger partial charge >= 0.3 is 12.1 Å². The monoisotopic (exact) mass is 402 g/mol. The van der Waals surface area contributed by atoms with Gasteiger partial charge in [0.2, 0.25) is 6.10 Å². The van der Waals surface area contributed by atoms with E-state index in [1.165, 1.54) is 18.2 Å². The number of rotatable bonds is 3. The van der Waals surface area contributed by atoms with E-state index in [9.17, 15) is 22.4 Å². The molecule has 0 aliphatic carbocycles. The molecule has 142 valence electrons. The van der Waals surface area contributed by atoms with E-state index in [4.69, 9.17) is 26.2 Å². The maximum Gasteiger partial charge on any atom is 0.430 e. The number of fused-ring (bicyclic) bond motifs is 1. The summed E-state index contributed by atoms with van der Waals surface area (Å²) >= 11 is 6.09. The number of aliphatic carboxylic acids is 1. The quantitative estimate of drug-likeness (QED) is 0.701. The number of hydrogen-bond donors (Lipinski definition) is 1. The minimum Gasteiger partial charge on any atom is -0.478 e. The molecule has 9 heteroatoms. The third kappa shape index (κ3) is 3.85. The van der Waals surface area contributed by atoms with Crippen LogP contribution >= 0.6 is 11.6 Å². The predicted molar refractivity (Wildman–Crippen MR) is 88.7 cm³/mol. The van der Waals surface area contributed by atoms with Gasteiger partial charge in [0, 0.05) is 11.6 Å². The first-order valence-corrected chi connectivity index (χ1v) is 7.90. The molecule has 0 spiro atoms. The zero-order chi connectivity index (χ0) is 19.9. The molecular formula is C18H11ClF4O4. The van der Waals surface area contributed by atoms with E-state index in [0.29, 0.717) is 5.56 Å². The van der Waals surface area contributed by atoms with Gasteiger partial charge in [-0.1, -0.05) is 11.6 Å². The van der Waals surface area contributed by atoms with Crippen LogP contribution in [0.3, 0.4) is 0 Å². The number of alkyl halides is 3. The van der Waals surface area contributed by atoms with Crippen LogP contribution < -0.4 is 9.47 Å². The van der Waals surface area contributed by atoms with Gasteiger partial charge in [0.1, 0.15) is 23.1 Å². The topological polar surface area (TPSA) is 55.8 Å². The number of carboxylic acid groups (broad SMARTS) is 1. The fourth-order valence-electron chi connectivity index (χ4n) is 2.54. The first-order valence-electron chi connectivity index (χ1n) is 7.52. The first-order chi connectivity index (χ1) is 12.6. The summed E-state index contributed by atoms with van der Waals surface area (Å²) in [5.74, 6) is -2.22. The molecule has 1 N–H and O–H groups in total. The van der Waals surface area contributed by atoms with Gasteiger partial charge in [-0.15, -0.1) is 0 Å². The molecule has 4 nitrogen and oxygen atoms in total. The molecular weight excluding hydrogens is 392 g/mol. The summed E-state index contributed by atoms with van der Waals surface area (Å²) in [5, 5.41) is 9.05. The Morgan fingerprint density at radius 3 is 2.52 bits per heavy atom. The summed E-state index contributed by atoms with van der Waals surface area (Å²) in [6.07, 6.45) is -6.68. The molecule has 0 amide bonds. The summed E-state index contributed by atoms with van der Waals surface area (Å²) in [6.45, 7) is 1.59. The highest BCUT2D eigenvalue weighted by Gasteiger charge is 2.48. The molecule has 3 rings (SSSR count).